The third-order valence-corrected chi connectivity index (χ3v) is 6.82. The number of rotatable bonds is 5. The van der Waals surface area contributed by atoms with Crippen LogP contribution in [0.4, 0.5) is 22.0 Å². The number of aliphatic carboxylic acids is 1. The molecule has 1 fully saturated rings. The number of aromatic nitrogens is 4. The Balaban J connectivity index is 0.000000493. The van der Waals surface area contributed by atoms with Crippen LogP contribution < -0.4 is 5.32 Å². The Morgan fingerprint density at radius 3 is 2.22 bits per heavy atom. The van der Waals surface area contributed by atoms with Gasteiger partial charge >= 0.3 is 12.1 Å². The minimum Gasteiger partial charge on any atom is -0.503 e. The highest BCUT2D eigenvalue weighted by Gasteiger charge is 2.38. The van der Waals surface area contributed by atoms with Gasteiger partial charge in [-0.1, -0.05) is 6.07 Å². The number of halogens is 5. The third kappa shape index (κ3) is 7.18. The average Bonchev–Trinajstić information content (AvgIpc) is 3.56. The lowest BCUT2D eigenvalue weighted by molar-refractivity contribution is -0.192. The number of hydrogen-bond acceptors (Lipinski definition) is 5. The van der Waals surface area contributed by atoms with Crippen molar-refractivity contribution in [3.8, 4) is 16.9 Å². The van der Waals surface area contributed by atoms with E-state index in [4.69, 9.17) is 15.0 Å². The van der Waals surface area contributed by atoms with E-state index in [1.165, 1.54) is 0 Å². The van der Waals surface area contributed by atoms with Crippen LogP contribution >= 0.6 is 0 Å². The lowest BCUT2D eigenvalue weighted by Crippen LogP contribution is -2.31. The number of phenolic OH excluding ortho intramolecular Hbond substituents is 1. The Hall–Kier alpha value is -4.49. The van der Waals surface area contributed by atoms with E-state index in [0.29, 0.717) is 12.6 Å². The number of nitrogens with zero attached hydrogens (tertiary/aromatic N) is 4. The van der Waals surface area contributed by atoms with Gasteiger partial charge in [0.05, 0.1) is 17.8 Å². The predicted octanol–water partition coefficient (Wildman–Crippen LogP) is 5.22. The Morgan fingerprint density at radius 2 is 1.66 bits per heavy atom. The van der Waals surface area contributed by atoms with Crippen LogP contribution in [-0.2, 0) is 11.8 Å². The molecule has 1 aliphatic rings. The monoisotopic (exact) mass is 579 g/mol. The second-order valence-electron chi connectivity index (χ2n) is 9.76. The number of nitrogens with one attached hydrogen (secondary N) is 1. The molecule has 41 heavy (non-hydrogen) atoms. The van der Waals surface area contributed by atoms with Crippen molar-refractivity contribution in [1.82, 2.24) is 24.9 Å². The number of carbonyl (C=O) groups is 2. The lowest BCUT2D eigenvalue weighted by Gasteiger charge is -2.28. The van der Waals surface area contributed by atoms with Gasteiger partial charge in [-0.05, 0) is 61.4 Å². The number of alkyl halides is 3. The summed E-state index contributed by atoms with van der Waals surface area (Å²) in [5.74, 6) is -6.39. The highest BCUT2D eigenvalue weighted by molar-refractivity contribution is 5.94. The molecular weight excluding hydrogens is 553 g/mol. The van der Waals surface area contributed by atoms with E-state index < -0.39 is 35.4 Å². The first kappa shape index (κ1) is 29.5. The first-order valence-corrected chi connectivity index (χ1v) is 12.6. The maximum Gasteiger partial charge on any atom is 0.490 e. The molecule has 0 radical (unpaired) electrons. The van der Waals surface area contributed by atoms with Gasteiger partial charge in [-0.2, -0.15) is 23.4 Å². The number of hydrogen-bond donors (Lipinski definition) is 3. The Bertz CT molecular complexity index is 1530. The molecule has 0 atom stereocenters. The maximum absolute atomic E-state index is 13.5. The van der Waals surface area contributed by atoms with Gasteiger partial charge in [0.25, 0.3) is 5.91 Å². The fraction of sp³-hybridized carbons (Fsp3) is 0.333. The van der Waals surface area contributed by atoms with Gasteiger partial charge < -0.3 is 15.5 Å². The summed E-state index contributed by atoms with van der Waals surface area (Å²) in [6.45, 7) is 0.436. The van der Waals surface area contributed by atoms with Crippen LogP contribution in [0.3, 0.4) is 0 Å². The minimum absolute atomic E-state index is 0.143. The first-order valence-electron chi connectivity index (χ1n) is 12.6. The molecule has 1 saturated carbocycles. The second kappa shape index (κ2) is 11.9. The van der Waals surface area contributed by atoms with E-state index in [1.807, 2.05) is 25.5 Å². The summed E-state index contributed by atoms with van der Waals surface area (Å²) >= 11 is 0. The molecule has 2 heterocycles. The molecule has 4 aromatic rings. The molecule has 0 aliphatic heterocycles. The fourth-order valence-corrected chi connectivity index (χ4v) is 4.63. The SMILES string of the molecule is Cn1cc(-c2ccc3nn(C4CCC(CNC(=O)c5cc(F)c(O)c(F)c5)CC4)cc3c2)cn1.O=C(O)C(F)(F)F. The van der Waals surface area contributed by atoms with Gasteiger partial charge in [-0.15, -0.1) is 0 Å². The van der Waals surface area contributed by atoms with Crippen LogP contribution in [0.25, 0.3) is 22.0 Å². The Morgan fingerprint density at radius 1 is 1.02 bits per heavy atom. The average molecular weight is 580 g/mol. The number of amides is 1. The number of phenols is 1. The zero-order valence-corrected chi connectivity index (χ0v) is 21.7. The zero-order valence-electron chi connectivity index (χ0n) is 21.7. The number of carboxylic acids is 1. The maximum atomic E-state index is 13.5. The largest absolute Gasteiger partial charge is 0.503 e. The van der Waals surface area contributed by atoms with Crippen LogP contribution in [0.1, 0.15) is 42.1 Å². The Labute approximate surface area is 230 Å². The van der Waals surface area contributed by atoms with Gasteiger partial charge in [0, 0.05) is 42.5 Å². The molecule has 2 aromatic heterocycles. The lowest BCUT2D eigenvalue weighted by atomic mass is 9.86. The van der Waals surface area contributed by atoms with Crippen LogP contribution in [0.15, 0.2) is 48.9 Å². The number of fused-ring (bicyclic) bond motifs is 1. The van der Waals surface area contributed by atoms with E-state index in [9.17, 15) is 31.9 Å². The summed E-state index contributed by atoms with van der Waals surface area (Å²) in [5, 5.41) is 29.2. The van der Waals surface area contributed by atoms with Crippen molar-refractivity contribution in [1.29, 1.82) is 0 Å². The van der Waals surface area contributed by atoms with Crippen molar-refractivity contribution in [3.05, 3.63) is 66.1 Å². The van der Waals surface area contributed by atoms with Gasteiger partial charge in [-0.25, -0.2) is 13.6 Å². The standard InChI is InChI=1S/C25H25F2N5O2.C2HF3O2/c1-31-13-19(12-29-31)16-4-7-23-18(8-16)14-32(30-23)20-5-2-15(3-6-20)11-28-25(34)17-9-21(26)24(33)22(27)10-17;3-2(4,5)1(6)7/h4,7-10,12-15,20,33H,2-3,5-6,11H2,1H3,(H,28,34);(H,6,7). The quantitative estimate of drug-likeness (QED) is 0.279. The third-order valence-electron chi connectivity index (χ3n) is 6.82. The molecule has 0 unspecified atom stereocenters. The summed E-state index contributed by atoms with van der Waals surface area (Å²) in [5.41, 5.74) is 2.98. The van der Waals surface area contributed by atoms with E-state index >= 15 is 0 Å². The van der Waals surface area contributed by atoms with E-state index in [2.05, 4.69) is 33.4 Å². The summed E-state index contributed by atoms with van der Waals surface area (Å²) < 4.78 is 62.6. The van der Waals surface area contributed by atoms with Crippen molar-refractivity contribution in [2.45, 2.75) is 37.9 Å². The predicted molar refractivity (Wildman–Crippen MR) is 137 cm³/mol. The van der Waals surface area contributed by atoms with Gasteiger partial charge in [0.2, 0.25) is 0 Å². The summed E-state index contributed by atoms with van der Waals surface area (Å²) in [6, 6.07) is 8.19. The molecule has 0 bridgehead atoms. The molecule has 2 aromatic carbocycles. The highest BCUT2D eigenvalue weighted by Crippen LogP contribution is 2.33. The number of aromatic hydroxyl groups is 1. The minimum atomic E-state index is -5.08. The normalized spacial score (nSPS) is 17.1. The molecule has 14 heteroatoms. The summed E-state index contributed by atoms with van der Waals surface area (Å²) in [7, 11) is 1.90. The fourth-order valence-electron chi connectivity index (χ4n) is 4.63. The molecular formula is C27H26F5N5O4. The van der Waals surface area contributed by atoms with Crippen LogP contribution in [0, 0.1) is 17.6 Å². The molecule has 3 N–H and O–H groups in total. The smallest absolute Gasteiger partial charge is 0.490 e. The van der Waals surface area contributed by atoms with Crippen LogP contribution in [0.5, 0.6) is 5.75 Å². The summed E-state index contributed by atoms with van der Waals surface area (Å²) in [6.07, 6.45) is 4.55. The Kier molecular flexibility index (Phi) is 8.59. The van der Waals surface area contributed by atoms with E-state index in [1.54, 1.807) is 4.68 Å². The number of carbonyl (C=O) groups excluding carboxylic acids is 1. The molecule has 0 saturated heterocycles. The van der Waals surface area contributed by atoms with Crippen molar-refractivity contribution >= 4 is 22.8 Å². The number of benzene rings is 2. The van der Waals surface area contributed by atoms with Crippen molar-refractivity contribution in [2.75, 3.05) is 6.54 Å². The molecule has 9 nitrogen and oxygen atoms in total. The van der Waals surface area contributed by atoms with Crippen LogP contribution in [0.2, 0.25) is 0 Å². The molecule has 218 valence electrons. The zero-order chi connectivity index (χ0) is 29.9. The highest BCUT2D eigenvalue weighted by atomic mass is 19.4. The van der Waals surface area contributed by atoms with Crippen LogP contribution in [-0.4, -0.2) is 54.4 Å². The first-order chi connectivity index (χ1) is 19.3. The second-order valence-corrected chi connectivity index (χ2v) is 9.76. The molecule has 1 amide bonds. The molecule has 1 aliphatic carbocycles. The number of aryl methyl sites for hydroxylation is 1. The van der Waals surface area contributed by atoms with E-state index in [-0.39, 0.29) is 11.5 Å². The molecule has 5 rings (SSSR count). The van der Waals surface area contributed by atoms with Gasteiger partial charge in [0.15, 0.2) is 17.4 Å². The topological polar surface area (TPSA) is 122 Å². The van der Waals surface area contributed by atoms with Crippen molar-refractivity contribution in [2.24, 2.45) is 13.0 Å². The summed E-state index contributed by atoms with van der Waals surface area (Å²) in [4.78, 5) is 21.2. The van der Waals surface area contributed by atoms with Crippen molar-refractivity contribution < 1.29 is 41.8 Å². The van der Waals surface area contributed by atoms with Crippen molar-refractivity contribution in [3.63, 3.8) is 0 Å². The molecule has 0 spiro atoms. The number of carboxylic acid groups (broad SMARTS) is 1. The van der Waals surface area contributed by atoms with Gasteiger partial charge in [-0.3, -0.25) is 14.2 Å². The van der Waals surface area contributed by atoms with Gasteiger partial charge in [0.1, 0.15) is 0 Å². The van der Waals surface area contributed by atoms with E-state index in [0.717, 1.165) is 59.8 Å².